The molecule has 0 radical (unpaired) electrons. The standard InChI is InChI=1S/C21H24BrClN2O2/c1-27-21-9-8-15(12-17(21)22)20(26)14-24-13-19(25-10-4-5-11-25)16-6-2-3-7-18(16)23/h2-3,6-9,12,19,24H,4-5,10-11,13-14H2,1H3. The normalized spacial score (nSPS) is 15.7. The third-order valence-corrected chi connectivity index (χ3v) is 5.91. The van der Waals surface area contributed by atoms with Crippen molar-refractivity contribution in [3.8, 4) is 5.75 Å². The number of halogens is 2. The van der Waals surface area contributed by atoms with Crippen LogP contribution in [0.5, 0.6) is 5.75 Å². The number of hydrogen-bond donors (Lipinski definition) is 1. The minimum Gasteiger partial charge on any atom is -0.496 e. The lowest BCUT2D eigenvalue weighted by molar-refractivity contribution is 0.0987. The van der Waals surface area contributed by atoms with Crippen molar-refractivity contribution >= 4 is 33.3 Å². The van der Waals surface area contributed by atoms with E-state index in [-0.39, 0.29) is 18.4 Å². The SMILES string of the molecule is COc1ccc(C(=O)CNCC(c2ccccc2Cl)N2CCCC2)cc1Br. The van der Waals surface area contributed by atoms with Crippen LogP contribution in [0.3, 0.4) is 0 Å². The number of hydrogen-bond acceptors (Lipinski definition) is 4. The van der Waals surface area contributed by atoms with E-state index < -0.39 is 0 Å². The molecule has 0 aliphatic carbocycles. The van der Waals surface area contributed by atoms with Gasteiger partial charge in [-0.3, -0.25) is 9.69 Å². The summed E-state index contributed by atoms with van der Waals surface area (Å²) in [6.45, 7) is 3.11. The Morgan fingerprint density at radius 3 is 2.67 bits per heavy atom. The molecule has 0 amide bonds. The van der Waals surface area contributed by atoms with Crippen LogP contribution in [0.15, 0.2) is 46.9 Å². The molecule has 1 N–H and O–H groups in total. The van der Waals surface area contributed by atoms with E-state index in [1.807, 2.05) is 18.2 Å². The lowest BCUT2D eigenvalue weighted by Gasteiger charge is -2.29. The van der Waals surface area contributed by atoms with E-state index in [4.69, 9.17) is 16.3 Å². The average Bonchev–Trinajstić information content (AvgIpc) is 3.20. The van der Waals surface area contributed by atoms with E-state index in [0.717, 1.165) is 28.1 Å². The molecule has 0 spiro atoms. The molecule has 0 bridgehead atoms. The van der Waals surface area contributed by atoms with E-state index in [1.54, 1.807) is 25.3 Å². The minimum atomic E-state index is 0.0534. The molecule has 6 heteroatoms. The largest absolute Gasteiger partial charge is 0.496 e. The Balaban J connectivity index is 1.64. The van der Waals surface area contributed by atoms with Gasteiger partial charge in [0.2, 0.25) is 0 Å². The van der Waals surface area contributed by atoms with Crippen molar-refractivity contribution in [2.24, 2.45) is 0 Å². The molecule has 1 unspecified atom stereocenters. The van der Waals surface area contributed by atoms with Gasteiger partial charge in [-0.05, 0) is 71.7 Å². The number of carbonyl (C=O) groups is 1. The molecular weight excluding hydrogens is 428 g/mol. The number of carbonyl (C=O) groups excluding carboxylic acids is 1. The molecule has 2 aromatic rings. The topological polar surface area (TPSA) is 41.6 Å². The van der Waals surface area contributed by atoms with Crippen LogP contribution in [0.4, 0.5) is 0 Å². The van der Waals surface area contributed by atoms with Crippen LogP contribution in [0.1, 0.15) is 34.8 Å². The average molecular weight is 452 g/mol. The van der Waals surface area contributed by atoms with Gasteiger partial charge in [0, 0.05) is 23.2 Å². The molecule has 144 valence electrons. The predicted molar refractivity (Wildman–Crippen MR) is 113 cm³/mol. The van der Waals surface area contributed by atoms with Gasteiger partial charge in [-0.15, -0.1) is 0 Å². The van der Waals surface area contributed by atoms with Crippen molar-refractivity contribution in [1.82, 2.24) is 10.2 Å². The molecule has 0 aromatic heterocycles. The van der Waals surface area contributed by atoms with Crippen LogP contribution in [-0.4, -0.2) is 44.0 Å². The Morgan fingerprint density at radius 1 is 1.26 bits per heavy atom. The molecule has 1 aliphatic heterocycles. The van der Waals surface area contributed by atoms with Crippen LogP contribution < -0.4 is 10.1 Å². The summed E-state index contributed by atoms with van der Waals surface area (Å²) < 4.78 is 6.00. The van der Waals surface area contributed by atoms with E-state index in [9.17, 15) is 4.79 Å². The van der Waals surface area contributed by atoms with Crippen molar-refractivity contribution in [2.45, 2.75) is 18.9 Å². The monoisotopic (exact) mass is 450 g/mol. The fraction of sp³-hybridized carbons (Fsp3) is 0.381. The lowest BCUT2D eigenvalue weighted by atomic mass is 10.0. The van der Waals surface area contributed by atoms with Crippen LogP contribution in [0.2, 0.25) is 5.02 Å². The van der Waals surface area contributed by atoms with E-state index >= 15 is 0 Å². The molecule has 3 rings (SSSR count). The van der Waals surface area contributed by atoms with Crippen molar-refractivity contribution in [2.75, 3.05) is 33.3 Å². The Bertz CT molecular complexity index is 794. The molecular formula is C21H24BrClN2O2. The Hall–Kier alpha value is -1.40. The number of Topliss-reactive ketones (excluding diaryl/α,β-unsaturated/α-hetero) is 1. The van der Waals surface area contributed by atoms with E-state index in [1.165, 1.54) is 12.8 Å². The highest BCUT2D eigenvalue weighted by molar-refractivity contribution is 9.10. The number of benzene rings is 2. The first kappa shape index (κ1) is 20.3. The number of methoxy groups -OCH3 is 1. The number of rotatable bonds is 8. The van der Waals surface area contributed by atoms with Crippen LogP contribution in [-0.2, 0) is 0 Å². The summed E-state index contributed by atoms with van der Waals surface area (Å²) in [5, 5.41) is 4.12. The Labute approximate surface area is 174 Å². The predicted octanol–water partition coefficient (Wildman–Crippen LogP) is 4.72. The maximum Gasteiger partial charge on any atom is 0.176 e. The molecule has 1 saturated heterocycles. The molecule has 1 atom stereocenters. The van der Waals surface area contributed by atoms with Crippen molar-refractivity contribution in [3.05, 3.63) is 63.1 Å². The highest BCUT2D eigenvalue weighted by Crippen LogP contribution is 2.30. The summed E-state index contributed by atoms with van der Waals surface area (Å²) in [4.78, 5) is 15.0. The van der Waals surface area contributed by atoms with Gasteiger partial charge in [-0.25, -0.2) is 0 Å². The molecule has 1 aliphatic rings. The van der Waals surface area contributed by atoms with Gasteiger partial charge in [-0.1, -0.05) is 29.8 Å². The molecule has 27 heavy (non-hydrogen) atoms. The molecule has 2 aromatic carbocycles. The third kappa shape index (κ3) is 5.11. The summed E-state index contributed by atoms with van der Waals surface area (Å²) in [5.41, 5.74) is 1.78. The quantitative estimate of drug-likeness (QED) is 0.590. The van der Waals surface area contributed by atoms with E-state index in [0.29, 0.717) is 17.9 Å². The highest BCUT2D eigenvalue weighted by atomic mass is 79.9. The highest BCUT2D eigenvalue weighted by Gasteiger charge is 2.25. The van der Waals surface area contributed by atoms with Crippen molar-refractivity contribution in [1.29, 1.82) is 0 Å². The second kappa shape index (κ2) is 9.69. The first-order chi connectivity index (χ1) is 13.1. The van der Waals surface area contributed by atoms with Gasteiger partial charge >= 0.3 is 0 Å². The summed E-state index contributed by atoms with van der Waals surface area (Å²) in [5.74, 6) is 0.769. The smallest absolute Gasteiger partial charge is 0.176 e. The summed E-state index contributed by atoms with van der Waals surface area (Å²) >= 11 is 9.87. The Morgan fingerprint density at radius 2 is 2.00 bits per heavy atom. The molecule has 1 fully saturated rings. The van der Waals surface area contributed by atoms with Gasteiger partial charge in [0.05, 0.1) is 18.1 Å². The van der Waals surface area contributed by atoms with Crippen molar-refractivity contribution in [3.63, 3.8) is 0 Å². The van der Waals surface area contributed by atoms with Crippen molar-refractivity contribution < 1.29 is 9.53 Å². The molecule has 4 nitrogen and oxygen atoms in total. The zero-order chi connectivity index (χ0) is 19.2. The third-order valence-electron chi connectivity index (χ3n) is 4.94. The van der Waals surface area contributed by atoms with Gasteiger partial charge in [-0.2, -0.15) is 0 Å². The summed E-state index contributed by atoms with van der Waals surface area (Å²) in [7, 11) is 1.61. The minimum absolute atomic E-state index is 0.0534. The lowest BCUT2D eigenvalue weighted by Crippen LogP contribution is -2.36. The van der Waals surface area contributed by atoms with Gasteiger partial charge in [0.25, 0.3) is 0 Å². The fourth-order valence-electron chi connectivity index (χ4n) is 3.50. The Kier molecular flexibility index (Phi) is 7.30. The molecule has 0 saturated carbocycles. The maximum atomic E-state index is 12.5. The number of nitrogens with zero attached hydrogens (tertiary/aromatic N) is 1. The number of ketones is 1. The number of likely N-dealkylation sites (tertiary alicyclic amines) is 1. The fourth-order valence-corrected chi connectivity index (χ4v) is 4.30. The zero-order valence-electron chi connectivity index (χ0n) is 15.4. The van der Waals surface area contributed by atoms with Crippen LogP contribution in [0, 0.1) is 0 Å². The van der Waals surface area contributed by atoms with Gasteiger partial charge in [0.1, 0.15) is 5.75 Å². The summed E-state index contributed by atoms with van der Waals surface area (Å²) in [6.07, 6.45) is 2.42. The van der Waals surface area contributed by atoms with Crippen LogP contribution in [0.25, 0.3) is 0 Å². The first-order valence-corrected chi connectivity index (χ1v) is 10.3. The second-order valence-electron chi connectivity index (χ2n) is 6.68. The summed E-state index contributed by atoms with van der Waals surface area (Å²) in [6, 6.07) is 13.5. The first-order valence-electron chi connectivity index (χ1n) is 9.16. The second-order valence-corrected chi connectivity index (χ2v) is 7.95. The number of ether oxygens (including phenoxy) is 1. The van der Waals surface area contributed by atoms with Gasteiger partial charge in [0.15, 0.2) is 5.78 Å². The maximum absolute atomic E-state index is 12.5. The van der Waals surface area contributed by atoms with Gasteiger partial charge < -0.3 is 10.1 Å². The molecule has 1 heterocycles. The van der Waals surface area contributed by atoms with E-state index in [2.05, 4.69) is 32.2 Å². The zero-order valence-corrected chi connectivity index (χ0v) is 17.7. The number of nitrogens with one attached hydrogen (secondary N) is 1. The van der Waals surface area contributed by atoms with Crippen LogP contribution >= 0.6 is 27.5 Å².